The van der Waals surface area contributed by atoms with Crippen molar-refractivity contribution in [2.24, 2.45) is 0 Å². The number of pyridine rings is 1. The van der Waals surface area contributed by atoms with Crippen LogP contribution >= 0.6 is 0 Å². The maximum Gasteiger partial charge on any atom is 0.328 e. The van der Waals surface area contributed by atoms with Crippen LogP contribution in [0.3, 0.4) is 0 Å². The highest BCUT2D eigenvalue weighted by Gasteiger charge is 2.26. The third-order valence-corrected chi connectivity index (χ3v) is 3.43. The van der Waals surface area contributed by atoms with E-state index in [0.29, 0.717) is 5.69 Å². The van der Waals surface area contributed by atoms with E-state index in [0.717, 1.165) is 18.9 Å². The number of aromatic nitrogens is 1. The molecular formula is C11H13N3O4S. The topological polar surface area (TPSA) is 108 Å². The van der Waals surface area contributed by atoms with E-state index in [-0.39, 0.29) is 11.9 Å². The van der Waals surface area contributed by atoms with E-state index in [9.17, 15) is 13.2 Å². The third-order valence-electron chi connectivity index (χ3n) is 2.31. The molecule has 0 bridgehead atoms. The highest BCUT2D eigenvalue weighted by Crippen LogP contribution is 2.20. The Morgan fingerprint density at radius 3 is 2.79 bits per heavy atom. The number of carbonyl (C=O) groups is 1. The summed E-state index contributed by atoms with van der Waals surface area (Å²) >= 11 is 0. The van der Waals surface area contributed by atoms with Crippen LogP contribution in [0.25, 0.3) is 6.08 Å². The van der Waals surface area contributed by atoms with Gasteiger partial charge in [0.2, 0.25) is 0 Å². The molecule has 1 heterocycles. The Hall–Kier alpha value is -1.93. The fraction of sp³-hybridized carbons (Fsp3) is 0.273. The first kappa shape index (κ1) is 13.5. The Morgan fingerprint density at radius 1 is 1.42 bits per heavy atom. The van der Waals surface area contributed by atoms with E-state index in [1.54, 1.807) is 12.1 Å². The van der Waals surface area contributed by atoms with Crippen molar-refractivity contribution in [2.75, 3.05) is 4.72 Å². The number of carboxylic acid groups (broad SMARTS) is 1. The highest BCUT2D eigenvalue weighted by molar-refractivity contribution is 7.90. The summed E-state index contributed by atoms with van der Waals surface area (Å²) in [6.07, 6.45) is 3.91. The molecule has 0 unspecified atom stereocenters. The minimum Gasteiger partial charge on any atom is -0.478 e. The Kier molecular flexibility index (Phi) is 3.82. The van der Waals surface area contributed by atoms with E-state index in [1.807, 2.05) is 0 Å². The lowest BCUT2D eigenvalue weighted by Crippen LogP contribution is -2.32. The molecule has 0 radical (unpaired) electrons. The van der Waals surface area contributed by atoms with Gasteiger partial charge in [-0.25, -0.2) is 9.78 Å². The molecule has 0 amide bonds. The fourth-order valence-electron chi connectivity index (χ4n) is 1.35. The summed E-state index contributed by atoms with van der Waals surface area (Å²) in [4.78, 5) is 14.4. The maximum absolute atomic E-state index is 11.7. The van der Waals surface area contributed by atoms with Crippen molar-refractivity contribution in [1.82, 2.24) is 9.71 Å². The number of nitrogens with zero attached hydrogens (tertiary/aromatic N) is 1. The Labute approximate surface area is 110 Å². The van der Waals surface area contributed by atoms with Crippen molar-refractivity contribution in [3.63, 3.8) is 0 Å². The molecule has 8 heteroatoms. The predicted molar refractivity (Wildman–Crippen MR) is 69.6 cm³/mol. The van der Waals surface area contributed by atoms with Crippen LogP contribution in [0.2, 0.25) is 0 Å². The van der Waals surface area contributed by atoms with E-state index < -0.39 is 16.2 Å². The van der Waals surface area contributed by atoms with Gasteiger partial charge in [0.05, 0.1) is 5.69 Å². The average Bonchev–Trinajstić information content (AvgIpc) is 3.09. The van der Waals surface area contributed by atoms with Crippen molar-refractivity contribution >= 4 is 28.1 Å². The lowest BCUT2D eigenvalue weighted by atomic mass is 10.3. The number of hydrogen-bond donors (Lipinski definition) is 3. The number of nitrogens with one attached hydrogen (secondary N) is 2. The molecule has 7 nitrogen and oxygen atoms in total. The van der Waals surface area contributed by atoms with Gasteiger partial charge in [-0.05, 0) is 31.1 Å². The van der Waals surface area contributed by atoms with Gasteiger partial charge in [-0.3, -0.25) is 4.72 Å². The molecular weight excluding hydrogens is 270 g/mol. The van der Waals surface area contributed by atoms with Crippen molar-refractivity contribution in [1.29, 1.82) is 0 Å². The lowest BCUT2D eigenvalue weighted by molar-refractivity contribution is -0.131. The summed E-state index contributed by atoms with van der Waals surface area (Å²) in [5.41, 5.74) is 0.356. The molecule has 1 aromatic rings. The summed E-state index contributed by atoms with van der Waals surface area (Å²) in [6.45, 7) is 0. The molecule has 2 rings (SSSR count). The Bertz CT molecular complexity index is 608. The van der Waals surface area contributed by atoms with E-state index >= 15 is 0 Å². The van der Waals surface area contributed by atoms with E-state index in [4.69, 9.17) is 5.11 Å². The zero-order valence-corrected chi connectivity index (χ0v) is 10.7. The van der Waals surface area contributed by atoms with Crippen LogP contribution in [0.15, 0.2) is 24.3 Å². The molecule has 1 saturated carbocycles. The van der Waals surface area contributed by atoms with E-state index in [2.05, 4.69) is 14.4 Å². The number of carboxylic acids is 1. The molecule has 0 aliphatic heterocycles. The number of hydrogen-bond acceptors (Lipinski definition) is 4. The second kappa shape index (κ2) is 5.37. The normalized spacial score (nSPS) is 15.6. The first-order chi connectivity index (χ1) is 8.94. The predicted octanol–water partition coefficient (Wildman–Crippen LogP) is 0.588. The molecule has 19 heavy (non-hydrogen) atoms. The van der Waals surface area contributed by atoms with Crippen LogP contribution in [0, 0.1) is 0 Å². The molecule has 1 aliphatic rings. The fourth-order valence-corrected chi connectivity index (χ4v) is 2.47. The first-order valence-corrected chi connectivity index (χ1v) is 7.11. The standard InChI is InChI=1S/C11H13N3O4S/c15-11(16)7-6-8-2-1-3-10(12-8)14-19(17,18)13-9-4-5-9/h1-3,6-7,9,13H,4-5H2,(H,12,14)(H,15,16)/b7-6+. The smallest absolute Gasteiger partial charge is 0.328 e. The van der Waals surface area contributed by atoms with Gasteiger partial charge < -0.3 is 5.11 Å². The second-order valence-electron chi connectivity index (χ2n) is 4.12. The van der Waals surface area contributed by atoms with Gasteiger partial charge in [0, 0.05) is 12.1 Å². The molecule has 3 N–H and O–H groups in total. The van der Waals surface area contributed by atoms with Gasteiger partial charge in [0.15, 0.2) is 0 Å². The summed E-state index contributed by atoms with van der Waals surface area (Å²) in [6, 6.07) is 4.66. The molecule has 0 spiro atoms. The summed E-state index contributed by atoms with van der Waals surface area (Å²) in [5, 5.41) is 8.50. The van der Waals surface area contributed by atoms with E-state index in [1.165, 1.54) is 12.1 Å². The second-order valence-corrected chi connectivity index (χ2v) is 5.56. The summed E-state index contributed by atoms with van der Waals surface area (Å²) in [7, 11) is -3.62. The quantitative estimate of drug-likeness (QED) is 0.662. The molecule has 1 fully saturated rings. The van der Waals surface area contributed by atoms with Crippen molar-refractivity contribution in [2.45, 2.75) is 18.9 Å². The largest absolute Gasteiger partial charge is 0.478 e. The minimum absolute atomic E-state index is 0.00703. The molecule has 0 saturated heterocycles. The van der Waals surface area contributed by atoms with Crippen LogP contribution < -0.4 is 9.44 Å². The molecule has 102 valence electrons. The van der Waals surface area contributed by atoms with Crippen LogP contribution in [0.4, 0.5) is 5.82 Å². The number of anilines is 1. The lowest BCUT2D eigenvalue weighted by Gasteiger charge is -2.07. The van der Waals surface area contributed by atoms with Crippen LogP contribution in [0.1, 0.15) is 18.5 Å². The van der Waals surface area contributed by atoms with Crippen molar-refractivity contribution in [3.8, 4) is 0 Å². The van der Waals surface area contributed by atoms with Gasteiger partial charge >= 0.3 is 16.2 Å². The highest BCUT2D eigenvalue weighted by atomic mass is 32.2. The van der Waals surface area contributed by atoms with Crippen LogP contribution in [-0.2, 0) is 15.0 Å². The van der Waals surface area contributed by atoms with Gasteiger partial charge in [0.25, 0.3) is 0 Å². The van der Waals surface area contributed by atoms with Crippen LogP contribution in [-0.4, -0.2) is 30.5 Å². The third kappa shape index (κ3) is 4.68. The van der Waals surface area contributed by atoms with Crippen LogP contribution in [0.5, 0.6) is 0 Å². The maximum atomic E-state index is 11.7. The first-order valence-electron chi connectivity index (χ1n) is 5.63. The minimum atomic E-state index is -3.62. The zero-order chi connectivity index (χ0) is 13.9. The summed E-state index contributed by atoms with van der Waals surface area (Å²) in [5.74, 6) is -0.955. The number of aliphatic carboxylic acids is 1. The molecule has 0 atom stereocenters. The SMILES string of the molecule is O=C(O)/C=C/c1cccc(NS(=O)(=O)NC2CC2)n1. The Morgan fingerprint density at radius 2 is 2.16 bits per heavy atom. The van der Waals surface area contributed by atoms with Gasteiger partial charge in [-0.1, -0.05) is 6.07 Å². The van der Waals surface area contributed by atoms with Crippen molar-refractivity contribution in [3.05, 3.63) is 30.0 Å². The average molecular weight is 283 g/mol. The monoisotopic (exact) mass is 283 g/mol. The van der Waals surface area contributed by atoms with Gasteiger partial charge in [0.1, 0.15) is 5.82 Å². The number of rotatable bonds is 6. The molecule has 0 aromatic carbocycles. The summed E-state index contributed by atoms with van der Waals surface area (Å²) < 4.78 is 28.1. The van der Waals surface area contributed by atoms with Gasteiger partial charge in [-0.15, -0.1) is 0 Å². The Balaban J connectivity index is 2.07. The molecule has 1 aromatic heterocycles. The van der Waals surface area contributed by atoms with Gasteiger partial charge in [-0.2, -0.15) is 13.1 Å². The molecule has 1 aliphatic carbocycles. The van der Waals surface area contributed by atoms with Crippen molar-refractivity contribution < 1.29 is 18.3 Å². The zero-order valence-electron chi connectivity index (χ0n) is 9.91.